The highest BCUT2D eigenvalue weighted by Gasteiger charge is 2.19. The molecule has 112 valence electrons. The molecule has 3 rings (SSSR count). The number of benzene rings is 1. The summed E-state index contributed by atoms with van der Waals surface area (Å²) in [6.45, 7) is 10.0. The van der Waals surface area contributed by atoms with E-state index in [0.29, 0.717) is 6.04 Å². The summed E-state index contributed by atoms with van der Waals surface area (Å²) in [6, 6.07) is 8.77. The maximum absolute atomic E-state index is 6.05. The first-order valence-corrected chi connectivity index (χ1v) is 7.73. The van der Waals surface area contributed by atoms with Crippen LogP contribution in [-0.4, -0.2) is 47.0 Å². The van der Waals surface area contributed by atoms with Crippen molar-refractivity contribution in [2.45, 2.75) is 26.4 Å². The van der Waals surface area contributed by atoms with Crippen molar-refractivity contribution in [2.75, 3.05) is 31.9 Å². The predicted molar refractivity (Wildman–Crippen MR) is 88.1 cm³/mol. The molecule has 0 amide bonds. The van der Waals surface area contributed by atoms with E-state index in [1.807, 2.05) is 18.3 Å². The van der Waals surface area contributed by atoms with Crippen LogP contribution >= 0.6 is 0 Å². The van der Waals surface area contributed by atoms with Crippen LogP contribution in [-0.2, 0) is 6.54 Å². The van der Waals surface area contributed by atoms with Crippen molar-refractivity contribution in [2.24, 2.45) is 0 Å². The van der Waals surface area contributed by atoms with E-state index in [0.717, 1.165) is 49.3 Å². The summed E-state index contributed by atoms with van der Waals surface area (Å²) in [5.74, 6) is 0. The molecule has 0 saturated carbocycles. The van der Waals surface area contributed by atoms with Crippen molar-refractivity contribution in [3.63, 3.8) is 0 Å². The molecule has 4 nitrogen and oxygen atoms in total. The zero-order chi connectivity index (χ0) is 14.8. The van der Waals surface area contributed by atoms with Crippen LogP contribution in [0.15, 0.2) is 30.5 Å². The molecule has 0 aliphatic carbocycles. The van der Waals surface area contributed by atoms with Crippen LogP contribution in [0.4, 0.5) is 5.69 Å². The van der Waals surface area contributed by atoms with Gasteiger partial charge in [0, 0.05) is 56.0 Å². The SMILES string of the molecule is CC(C)N1CCN(Cc2ccc(N)c3cccnc23)CC1. The van der Waals surface area contributed by atoms with E-state index in [1.54, 1.807) is 0 Å². The second-order valence-electron chi connectivity index (χ2n) is 6.12. The molecule has 1 aromatic carbocycles. The van der Waals surface area contributed by atoms with Crippen LogP contribution in [0.2, 0.25) is 0 Å². The number of fused-ring (bicyclic) bond motifs is 1. The van der Waals surface area contributed by atoms with Gasteiger partial charge in [-0.1, -0.05) is 6.07 Å². The number of nitrogens with zero attached hydrogens (tertiary/aromatic N) is 3. The minimum Gasteiger partial charge on any atom is -0.398 e. The topological polar surface area (TPSA) is 45.4 Å². The lowest BCUT2D eigenvalue weighted by Gasteiger charge is -2.37. The first-order valence-electron chi connectivity index (χ1n) is 7.73. The highest BCUT2D eigenvalue weighted by atomic mass is 15.3. The lowest BCUT2D eigenvalue weighted by molar-refractivity contribution is 0.104. The van der Waals surface area contributed by atoms with Gasteiger partial charge in [0.2, 0.25) is 0 Å². The number of nitrogens with two attached hydrogens (primary N) is 1. The predicted octanol–water partition coefficient (Wildman–Crippen LogP) is 2.34. The van der Waals surface area contributed by atoms with Gasteiger partial charge in [0.25, 0.3) is 0 Å². The smallest absolute Gasteiger partial charge is 0.0767 e. The summed E-state index contributed by atoms with van der Waals surface area (Å²) in [6.07, 6.45) is 1.85. The Bertz CT molecular complexity index is 615. The van der Waals surface area contributed by atoms with E-state index < -0.39 is 0 Å². The Kier molecular flexibility index (Phi) is 4.08. The van der Waals surface area contributed by atoms with Crippen molar-refractivity contribution in [3.8, 4) is 0 Å². The first-order chi connectivity index (χ1) is 10.1. The van der Waals surface area contributed by atoms with Gasteiger partial charge in [0.05, 0.1) is 5.52 Å². The quantitative estimate of drug-likeness (QED) is 0.879. The molecule has 4 heteroatoms. The number of nitrogen functional groups attached to an aromatic ring is 1. The largest absolute Gasteiger partial charge is 0.398 e. The number of pyridine rings is 1. The average Bonchev–Trinajstić information content (AvgIpc) is 2.51. The summed E-state index contributed by atoms with van der Waals surface area (Å²) in [7, 11) is 0. The van der Waals surface area contributed by atoms with Gasteiger partial charge in [-0.15, -0.1) is 0 Å². The highest BCUT2D eigenvalue weighted by molar-refractivity contribution is 5.92. The van der Waals surface area contributed by atoms with Gasteiger partial charge >= 0.3 is 0 Å². The third-order valence-electron chi connectivity index (χ3n) is 4.42. The summed E-state index contributed by atoms with van der Waals surface area (Å²) < 4.78 is 0. The fourth-order valence-electron chi connectivity index (χ4n) is 3.06. The van der Waals surface area contributed by atoms with Crippen molar-refractivity contribution in [1.82, 2.24) is 14.8 Å². The number of rotatable bonds is 3. The molecule has 1 aliphatic rings. The minimum absolute atomic E-state index is 0.645. The molecule has 2 heterocycles. The molecule has 0 radical (unpaired) electrons. The molecule has 2 N–H and O–H groups in total. The van der Waals surface area contributed by atoms with Crippen LogP contribution in [0.1, 0.15) is 19.4 Å². The highest BCUT2D eigenvalue weighted by Crippen LogP contribution is 2.24. The van der Waals surface area contributed by atoms with Crippen LogP contribution in [0.3, 0.4) is 0 Å². The Morgan fingerprint density at radius 1 is 1.14 bits per heavy atom. The Hall–Kier alpha value is -1.65. The molecule has 21 heavy (non-hydrogen) atoms. The van der Waals surface area contributed by atoms with Gasteiger partial charge in [0.15, 0.2) is 0 Å². The van der Waals surface area contributed by atoms with Gasteiger partial charge in [-0.25, -0.2) is 0 Å². The number of hydrogen-bond acceptors (Lipinski definition) is 4. The zero-order valence-corrected chi connectivity index (χ0v) is 12.9. The Morgan fingerprint density at radius 2 is 1.90 bits per heavy atom. The molecule has 0 atom stereocenters. The average molecular weight is 284 g/mol. The standard InChI is InChI=1S/C17H24N4/c1-13(2)21-10-8-20(9-11-21)12-14-5-6-16(18)15-4-3-7-19-17(14)15/h3-7,13H,8-12,18H2,1-2H3. The van der Waals surface area contributed by atoms with E-state index >= 15 is 0 Å². The molecule has 0 spiro atoms. The van der Waals surface area contributed by atoms with Crippen molar-refractivity contribution >= 4 is 16.6 Å². The van der Waals surface area contributed by atoms with Gasteiger partial charge in [-0.05, 0) is 37.6 Å². The van der Waals surface area contributed by atoms with Crippen LogP contribution in [0.5, 0.6) is 0 Å². The normalized spacial score (nSPS) is 17.7. The minimum atomic E-state index is 0.645. The molecule has 1 aromatic heterocycles. The number of hydrogen-bond donors (Lipinski definition) is 1. The van der Waals surface area contributed by atoms with Gasteiger partial charge < -0.3 is 5.73 Å². The number of piperazine rings is 1. The molecule has 0 unspecified atom stereocenters. The summed E-state index contributed by atoms with van der Waals surface area (Å²) in [5, 5.41) is 1.07. The second kappa shape index (κ2) is 6.00. The van der Waals surface area contributed by atoms with E-state index in [1.165, 1.54) is 5.56 Å². The Balaban J connectivity index is 1.76. The van der Waals surface area contributed by atoms with E-state index in [-0.39, 0.29) is 0 Å². The van der Waals surface area contributed by atoms with Gasteiger partial charge in [-0.3, -0.25) is 14.8 Å². The van der Waals surface area contributed by atoms with Crippen molar-refractivity contribution in [3.05, 3.63) is 36.0 Å². The Morgan fingerprint density at radius 3 is 2.62 bits per heavy atom. The molecule has 1 saturated heterocycles. The molecular weight excluding hydrogens is 260 g/mol. The van der Waals surface area contributed by atoms with E-state index in [2.05, 4.69) is 40.8 Å². The molecular formula is C17H24N4. The second-order valence-corrected chi connectivity index (χ2v) is 6.12. The summed E-state index contributed by atoms with van der Waals surface area (Å²) >= 11 is 0. The molecule has 2 aromatic rings. The fraction of sp³-hybridized carbons (Fsp3) is 0.471. The third kappa shape index (κ3) is 3.01. The van der Waals surface area contributed by atoms with Crippen molar-refractivity contribution in [1.29, 1.82) is 0 Å². The lowest BCUT2D eigenvalue weighted by Crippen LogP contribution is -2.48. The third-order valence-corrected chi connectivity index (χ3v) is 4.42. The Labute approximate surface area is 126 Å². The van der Waals surface area contributed by atoms with Crippen LogP contribution < -0.4 is 5.73 Å². The van der Waals surface area contributed by atoms with Gasteiger partial charge in [0.1, 0.15) is 0 Å². The molecule has 0 bridgehead atoms. The number of anilines is 1. The monoisotopic (exact) mass is 284 g/mol. The maximum Gasteiger partial charge on any atom is 0.0767 e. The molecule has 1 fully saturated rings. The number of aromatic nitrogens is 1. The van der Waals surface area contributed by atoms with Crippen LogP contribution in [0.25, 0.3) is 10.9 Å². The van der Waals surface area contributed by atoms with Gasteiger partial charge in [-0.2, -0.15) is 0 Å². The first kappa shape index (κ1) is 14.3. The fourth-order valence-corrected chi connectivity index (χ4v) is 3.06. The summed E-state index contributed by atoms with van der Waals surface area (Å²) in [5.41, 5.74) is 9.18. The lowest BCUT2D eigenvalue weighted by atomic mass is 10.1. The summed E-state index contributed by atoms with van der Waals surface area (Å²) in [4.78, 5) is 9.58. The van der Waals surface area contributed by atoms with E-state index in [4.69, 9.17) is 5.73 Å². The van der Waals surface area contributed by atoms with Crippen molar-refractivity contribution < 1.29 is 0 Å². The molecule has 1 aliphatic heterocycles. The maximum atomic E-state index is 6.05. The van der Waals surface area contributed by atoms with E-state index in [9.17, 15) is 0 Å². The van der Waals surface area contributed by atoms with Crippen LogP contribution in [0, 0.1) is 0 Å². The zero-order valence-electron chi connectivity index (χ0n) is 12.9.